The monoisotopic (exact) mass is 570 g/mol. The number of hydrogen-bond acceptors (Lipinski definition) is 1. The van der Waals surface area contributed by atoms with E-state index in [2.05, 4.69) is 154 Å². The average Bonchev–Trinajstić information content (AvgIpc) is 3.44. The van der Waals surface area contributed by atoms with E-state index in [-0.39, 0.29) is 5.41 Å². The molecule has 0 saturated heterocycles. The Morgan fingerprint density at radius 2 is 1.30 bits per heavy atom. The highest BCUT2D eigenvalue weighted by molar-refractivity contribution is 7.19. The Balaban J connectivity index is 1.57. The number of benzene rings is 4. The molecule has 7 rings (SSSR count). The molecule has 0 atom stereocenters. The molecule has 1 heteroatoms. The molecule has 0 aliphatic heterocycles. The molecule has 0 amide bonds. The van der Waals surface area contributed by atoms with Gasteiger partial charge in [0.25, 0.3) is 0 Å². The summed E-state index contributed by atoms with van der Waals surface area (Å²) < 4.78 is 0. The Bertz CT molecular complexity index is 1860. The van der Waals surface area contributed by atoms with Crippen LogP contribution < -0.4 is 0 Å². The highest BCUT2D eigenvalue weighted by Crippen LogP contribution is 2.52. The molecule has 1 heterocycles. The van der Waals surface area contributed by atoms with Crippen molar-refractivity contribution in [2.24, 2.45) is 0 Å². The van der Waals surface area contributed by atoms with Gasteiger partial charge in [-0.2, -0.15) is 0 Å². The fourth-order valence-electron chi connectivity index (χ4n) is 6.17. The molecule has 5 aromatic carbocycles. The second-order valence-corrected chi connectivity index (χ2v) is 13.3. The van der Waals surface area contributed by atoms with E-state index in [0.717, 1.165) is 18.4 Å². The van der Waals surface area contributed by atoms with Crippen molar-refractivity contribution in [3.8, 4) is 54.3 Å². The van der Waals surface area contributed by atoms with Gasteiger partial charge in [-0.25, -0.2) is 0 Å². The maximum Gasteiger partial charge on any atom is 0.0430 e. The summed E-state index contributed by atoms with van der Waals surface area (Å²) in [5.41, 5.74) is 14.1. The third kappa shape index (κ3) is 5.14. The molecule has 43 heavy (non-hydrogen) atoms. The Hall–Kier alpha value is -4.64. The van der Waals surface area contributed by atoms with Crippen molar-refractivity contribution in [2.75, 3.05) is 0 Å². The second-order valence-electron chi connectivity index (χ2n) is 12.3. The lowest BCUT2D eigenvalue weighted by molar-refractivity contribution is 0.591. The molecule has 6 aromatic rings. The van der Waals surface area contributed by atoms with Crippen LogP contribution in [-0.2, 0) is 11.8 Å². The average molecular weight is 571 g/mol. The van der Waals surface area contributed by atoms with Crippen molar-refractivity contribution in [2.45, 2.75) is 39.0 Å². The summed E-state index contributed by atoms with van der Waals surface area (Å²) in [6.45, 7) is 6.91. The van der Waals surface area contributed by atoms with Gasteiger partial charge in [-0.3, -0.25) is 0 Å². The van der Waals surface area contributed by atoms with Crippen molar-refractivity contribution in [1.29, 1.82) is 0 Å². The van der Waals surface area contributed by atoms with Gasteiger partial charge in [0, 0.05) is 26.4 Å². The van der Waals surface area contributed by atoms with Crippen LogP contribution in [0, 0.1) is 12.1 Å². The maximum absolute atomic E-state index is 3.47. The Morgan fingerprint density at radius 1 is 0.651 bits per heavy atom. The van der Waals surface area contributed by atoms with Gasteiger partial charge in [0.2, 0.25) is 0 Å². The molecule has 0 spiro atoms. The minimum Gasteiger partial charge on any atom is -0.134 e. The number of thiophene rings is 1. The largest absolute Gasteiger partial charge is 0.134 e. The van der Waals surface area contributed by atoms with Gasteiger partial charge in [-0.15, -0.1) is 11.3 Å². The Morgan fingerprint density at radius 3 is 1.98 bits per heavy atom. The van der Waals surface area contributed by atoms with Crippen LogP contribution in [-0.4, -0.2) is 0 Å². The van der Waals surface area contributed by atoms with Crippen molar-refractivity contribution in [1.82, 2.24) is 0 Å². The normalized spacial score (nSPS) is 12.5. The number of rotatable bonds is 5. The van der Waals surface area contributed by atoms with Gasteiger partial charge in [-0.1, -0.05) is 136 Å². The van der Waals surface area contributed by atoms with Gasteiger partial charge < -0.3 is 0 Å². The molecule has 0 bridgehead atoms. The first kappa shape index (κ1) is 27.2. The molecule has 0 unspecified atom stereocenters. The predicted octanol–water partition coefficient (Wildman–Crippen LogP) is 11.9. The van der Waals surface area contributed by atoms with Crippen LogP contribution in [0.3, 0.4) is 0 Å². The molecule has 1 aliphatic carbocycles. The van der Waals surface area contributed by atoms with E-state index in [4.69, 9.17) is 0 Å². The second kappa shape index (κ2) is 11.2. The zero-order chi connectivity index (χ0) is 29.4. The minimum absolute atomic E-state index is 0.00724. The molecule has 0 nitrogen and oxygen atoms in total. The zero-order valence-electron chi connectivity index (χ0n) is 24.9. The van der Waals surface area contributed by atoms with Crippen LogP contribution in [0.5, 0.6) is 0 Å². The number of hydrogen-bond donors (Lipinski definition) is 0. The lowest BCUT2D eigenvalue weighted by Gasteiger charge is -2.25. The maximum atomic E-state index is 3.47. The SMILES string of the molecule is CC(C)(C)c1cc(-c2c#cccc2)c(-c2sc(-c3ccccc3-c3ccccc3)c3c2CCC=C3)c(-c2ccccc2)c1. The molecular weight excluding hydrogens is 537 g/mol. The molecule has 0 fully saturated rings. The van der Waals surface area contributed by atoms with Crippen molar-refractivity contribution < 1.29 is 0 Å². The Kier molecular flexibility index (Phi) is 7.10. The fraction of sp³-hybridized carbons (Fsp3) is 0.143. The summed E-state index contributed by atoms with van der Waals surface area (Å²) in [4.78, 5) is 2.71. The van der Waals surface area contributed by atoms with E-state index in [1.54, 1.807) is 0 Å². The highest BCUT2D eigenvalue weighted by Gasteiger charge is 2.28. The topological polar surface area (TPSA) is 0 Å². The number of fused-ring (bicyclic) bond motifs is 1. The van der Waals surface area contributed by atoms with Crippen LogP contribution in [0.1, 0.15) is 43.9 Å². The van der Waals surface area contributed by atoms with Crippen molar-refractivity contribution in [3.05, 3.63) is 150 Å². The summed E-state index contributed by atoms with van der Waals surface area (Å²) in [5.74, 6) is 0. The summed E-state index contributed by atoms with van der Waals surface area (Å²) >= 11 is 1.95. The van der Waals surface area contributed by atoms with Gasteiger partial charge in [0.1, 0.15) is 0 Å². The van der Waals surface area contributed by atoms with E-state index >= 15 is 0 Å². The Labute approximate surface area is 260 Å². The van der Waals surface area contributed by atoms with Crippen LogP contribution in [0.4, 0.5) is 0 Å². The smallest absolute Gasteiger partial charge is 0.0430 e. The van der Waals surface area contributed by atoms with Gasteiger partial charge in [0.05, 0.1) is 0 Å². The van der Waals surface area contributed by atoms with Crippen LogP contribution >= 0.6 is 11.3 Å². The predicted molar refractivity (Wildman–Crippen MR) is 185 cm³/mol. The highest BCUT2D eigenvalue weighted by atomic mass is 32.1. The van der Waals surface area contributed by atoms with Gasteiger partial charge in [-0.05, 0) is 87.0 Å². The first-order valence-corrected chi connectivity index (χ1v) is 15.9. The third-order valence-corrected chi connectivity index (χ3v) is 9.70. The summed E-state index contributed by atoms with van der Waals surface area (Å²) in [7, 11) is 0. The van der Waals surface area contributed by atoms with Crippen LogP contribution in [0.25, 0.3) is 60.3 Å². The van der Waals surface area contributed by atoms with E-state index in [9.17, 15) is 0 Å². The fourth-order valence-corrected chi connectivity index (χ4v) is 7.62. The molecule has 0 N–H and O–H groups in total. The zero-order valence-corrected chi connectivity index (χ0v) is 25.8. The lowest BCUT2D eigenvalue weighted by Crippen LogP contribution is -2.12. The molecule has 1 aliphatic rings. The quantitative estimate of drug-likeness (QED) is 0.193. The number of allylic oxidation sites excluding steroid dienone is 1. The van der Waals surface area contributed by atoms with E-state index in [1.165, 1.54) is 65.4 Å². The van der Waals surface area contributed by atoms with Crippen molar-refractivity contribution in [3.63, 3.8) is 0 Å². The standard InChI is InChI=1S/C42H34S/c1-42(2,3)32-27-37(30-19-9-5-10-20-30)39(38(28-32)31-21-11-6-12-22-31)41-36-26-16-15-25-35(36)40(43-41)34-24-14-13-23-33(34)29-17-7-4-8-18-29/h4-11,13-15,17-21,23-25,27-28H,16,26H2,1-3H3. The molecule has 0 saturated carbocycles. The molecule has 208 valence electrons. The van der Waals surface area contributed by atoms with Gasteiger partial charge >= 0.3 is 0 Å². The van der Waals surface area contributed by atoms with Crippen LogP contribution in [0.15, 0.2) is 121 Å². The summed E-state index contributed by atoms with van der Waals surface area (Å²) in [6, 6.07) is 48.3. The summed E-state index contributed by atoms with van der Waals surface area (Å²) in [5, 5.41) is 0. The van der Waals surface area contributed by atoms with Crippen LogP contribution in [0.2, 0.25) is 0 Å². The summed E-state index contributed by atoms with van der Waals surface area (Å²) in [6.07, 6.45) is 6.79. The molecule has 0 radical (unpaired) electrons. The first-order valence-electron chi connectivity index (χ1n) is 15.1. The van der Waals surface area contributed by atoms with E-state index in [1.807, 2.05) is 17.4 Å². The van der Waals surface area contributed by atoms with Gasteiger partial charge in [0.15, 0.2) is 0 Å². The molecule has 1 aromatic heterocycles. The van der Waals surface area contributed by atoms with E-state index in [0.29, 0.717) is 0 Å². The lowest BCUT2D eigenvalue weighted by atomic mass is 9.80. The minimum atomic E-state index is -0.00724. The first-order chi connectivity index (χ1) is 21.0. The van der Waals surface area contributed by atoms with Crippen molar-refractivity contribution >= 4 is 17.4 Å². The van der Waals surface area contributed by atoms with E-state index < -0.39 is 0 Å². The molecular formula is C42H34S. The third-order valence-electron chi connectivity index (χ3n) is 8.41.